The summed E-state index contributed by atoms with van der Waals surface area (Å²) < 4.78 is 17.5. The molecule has 1 aromatic rings. The highest BCUT2D eigenvalue weighted by Crippen LogP contribution is 2.40. The van der Waals surface area contributed by atoms with Crippen LogP contribution in [0.25, 0.3) is 0 Å². The molecule has 126 valence electrons. The molecule has 1 atom stereocenters. The van der Waals surface area contributed by atoms with E-state index in [4.69, 9.17) is 14.2 Å². The average Bonchev–Trinajstić information content (AvgIpc) is 2.98. The molecule has 0 unspecified atom stereocenters. The third-order valence-corrected chi connectivity index (χ3v) is 5.51. The van der Waals surface area contributed by atoms with Crippen molar-refractivity contribution in [2.24, 2.45) is 11.8 Å². The van der Waals surface area contributed by atoms with Crippen LogP contribution < -0.4 is 4.74 Å². The zero-order valence-electron chi connectivity index (χ0n) is 13.7. The lowest BCUT2D eigenvalue weighted by atomic mass is 9.80. The normalized spacial score (nSPS) is 27.9. The van der Waals surface area contributed by atoms with Gasteiger partial charge in [0.2, 0.25) is 5.88 Å². The SMILES string of the molecule is c1ccc(OC[C@@H]2CCOC23CN(CC2CCOCC2)C3)nc1. The zero-order valence-corrected chi connectivity index (χ0v) is 13.7. The molecule has 5 heteroatoms. The summed E-state index contributed by atoms with van der Waals surface area (Å²) in [5.74, 6) is 1.99. The molecule has 0 saturated carbocycles. The molecule has 0 N–H and O–H groups in total. The molecule has 3 saturated heterocycles. The van der Waals surface area contributed by atoms with Gasteiger partial charge in [0.05, 0.1) is 12.2 Å². The van der Waals surface area contributed by atoms with E-state index in [-0.39, 0.29) is 5.60 Å². The minimum absolute atomic E-state index is 0.0277. The van der Waals surface area contributed by atoms with Crippen molar-refractivity contribution < 1.29 is 14.2 Å². The number of nitrogens with zero attached hydrogens (tertiary/aromatic N) is 2. The minimum atomic E-state index is 0.0277. The fraction of sp³-hybridized carbons (Fsp3) is 0.722. The van der Waals surface area contributed by atoms with E-state index in [2.05, 4.69) is 9.88 Å². The third kappa shape index (κ3) is 3.37. The Balaban J connectivity index is 1.27. The van der Waals surface area contributed by atoms with E-state index < -0.39 is 0 Å². The van der Waals surface area contributed by atoms with Gasteiger partial charge in [-0.05, 0) is 31.2 Å². The molecule has 0 amide bonds. The van der Waals surface area contributed by atoms with Gasteiger partial charge in [-0.15, -0.1) is 0 Å². The Morgan fingerprint density at radius 3 is 2.83 bits per heavy atom. The summed E-state index contributed by atoms with van der Waals surface area (Å²) in [5, 5.41) is 0. The first-order chi connectivity index (χ1) is 11.3. The van der Waals surface area contributed by atoms with Crippen LogP contribution in [-0.4, -0.2) is 61.5 Å². The standard InChI is InChI=1S/C18H26N2O3/c1-2-7-19-17(3-1)22-12-16-6-10-23-18(16)13-20(14-18)11-15-4-8-21-9-5-15/h1-3,7,15-16H,4-6,8-14H2/t16-/m0/s1. The van der Waals surface area contributed by atoms with Crippen molar-refractivity contribution in [1.82, 2.24) is 9.88 Å². The quantitative estimate of drug-likeness (QED) is 0.830. The van der Waals surface area contributed by atoms with Gasteiger partial charge in [-0.2, -0.15) is 0 Å². The van der Waals surface area contributed by atoms with Crippen LogP contribution in [0.3, 0.4) is 0 Å². The highest BCUT2D eigenvalue weighted by molar-refractivity contribution is 5.10. The van der Waals surface area contributed by atoms with Crippen LogP contribution in [-0.2, 0) is 9.47 Å². The monoisotopic (exact) mass is 318 g/mol. The van der Waals surface area contributed by atoms with Crippen LogP contribution in [0.15, 0.2) is 24.4 Å². The molecule has 3 fully saturated rings. The van der Waals surface area contributed by atoms with Crippen molar-refractivity contribution >= 4 is 0 Å². The predicted octanol–water partition coefficient (Wildman–Crippen LogP) is 1.98. The molecule has 4 heterocycles. The van der Waals surface area contributed by atoms with E-state index in [0.717, 1.165) is 45.2 Å². The lowest BCUT2D eigenvalue weighted by Crippen LogP contribution is -2.66. The van der Waals surface area contributed by atoms with Gasteiger partial charge in [0.1, 0.15) is 0 Å². The number of aromatic nitrogens is 1. The van der Waals surface area contributed by atoms with Gasteiger partial charge < -0.3 is 14.2 Å². The predicted molar refractivity (Wildman–Crippen MR) is 86.5 cm³/mol. The van der Waals surface area contributed by atoms with Crippen LogP contribution in [0, 0.1) is 11.8 Å². The zero-order chi connectivity index (χ0) is 15.5. The van der Waals surface area contributed by atoms with Gasteiger partial charge in [-0.1, -0.05) is 6.07 Å². The molecular weight excluding hydrogens is 292 g/mol. The summed E-state index contributed by atoms with van der Waals surface area (Å²) in [6.07, 6.45) is 5.28. The second-order valence-electron chi connectivity index (χ2n) is 7.10. The number of rotatable bonds is 5. The van der Waals surface area contributed by atoms with Gasteiger partial charge in [0, 0.05) is 57.6 Å². The number of likely N-dealkylation sites (tertiary alicyclic amines) is 1. The number of pyridine rings is 1. The van der Waals surface area contributed by atoms with Crippen molar-refractivity contribution in [3.8, 4) is 5.88 Å². The molecule has 4 rings (SSSR count). The van der Waals surface area contributed by atoms with Crippen LogP contribution in [0.5, 0.6) is 5.88 Å². The Labute approximate surface area is 137 Å². The second-order valence-corrected chi connectivity index (χ2v) is 7.10. The number of hydrogen-bond donors (Lipinski definition) is 0. The van der Waals surface area contributed by atoms with Gasteiger partial charge in [-0.25, -0.2) is 4.98 Å². The lowest BCUT2D eigenvalue weighted by molar-refractivity contribution is -0.143. The molecular formula is C18H26N2O3. The average molecular weight is 318 g/mol. The van der Waals surface area contributed by atoms with Crippen LogP contribution >= 0.6 is 0 Å². The van der Waals surface area contributed by atoms with E-state index in [1.54, 1.807) is 6.20 Å². The van der Waals surface area contributed by atoms with E-state index in [1.807, 2.05) is 18.2 Å². The molecule has 0 radical (unpaired) electrons. The first-order valence-electron chi connectivity index (χ1n) is 8.82. The Morgan fingerprint density at radius 1 is 1.17 bits per heavy atom. The lowest BCUT2D eigenvalue weighted by Gasteiger charge is -2.51. The Morgan fingerprint density at radius 2 is 2.04 bits per heavy atom. The van der Waals surface area contributed by atoms with E-state index in [1.165, 1.54) is 19.4 Å². The van der Waals surface area contributed by atoms with Crippen LogP contribution in [0.1, 0.15) is 19.3 Å². The first-order valence-corrected chi connectivity index (χ1v) is 8.82. The maximum atomic E-state index is 6.13. The van der Waals surface area contributed by atoms with Crippen molar-refractivity contribution in [3.05, 3.63) is 24.4 Å². The first kappa shape index (κ1) is 15.4. The van der Waals surface area contributed by atoms with Gasteiger partial charge in [-0.3, -0.25) is 4.90 Å². The summed E-state index contributed by atoms with van der Waals surface area (Å²) in [6.45, 7) is 6.74. The van der Waals surface area contributed by atoms with Gasteiger partial charge in [0.25, 0.3) is 0 Å². The summed E-state index contributed by atoms with van der Waals surface area (Å²) in [6, 6.07) is 5.79. The molecule has 23 heavy (non-hydrogen) atoms. The van der Waals surface area contributed by atoms with E-state index in [9.17, 15) is 0 Å². The van der Waals surface area contributed by atoms with Crippen molar-refractivity contribution in [2.45, 2.75) is 24.9 Å². The third-order valence-electron chi connectivity index (χ3n) is 5.51. The Hall–Kier alpha value is -1.17. The molecule has 5 nitrogen and oxygen atoms in total. The summed E-state index contributed by atoms with van der Waals surface area (Å²) >= 11 is 0. The molecule has 0 aliphatic carbocycles. The largest absolute Gasteiger partial charge is 0.477 e. The van der Waals surface area contributed by atoms with Gasteiger partial charge >= 0.3 is 0 Å². The fourth-order valence-corrected chi connectivity index (χ4v) is 4.12. The van der Waals surface area contributed by atoms with Crippen molar-refractivity contribution in [1.29, 1.82) is 0 Å². The second kappa shape index (κ2) is 6.75. The number of hydrogen-bond acceptors (Lipinski definition) is 5. The molecule has 0 bridgehead atoms. The molecule has 1 aromatic heterocycles. The summed E-state index contributed by atoms with van der Waals surface area (Å²) in [7, 11) is 0. The maximum absolute atomic E-state index is 6.13. The molecule has 3 aliphatic rings. The highest BCUT2D eigenvalue weighted by Gasteiger charge is 2.53. The summed E-state index contributed by atoms with van der Waals surface area (Å²) in [4.78, 5) is 6.79. The molecule has 3 aliphatic heterocycles. The molecule has 1 spiro atoms. The van der Waals surface area contributed by atoms with Crippen LogP contribution in [0.2, 0.25) is 0 Å². The summed E-state index contributed by atoms with van der Waals surface area (Å²) in [5.41, 5.74) is 0.0277. The maximum Gasteiger partial charge on any atom is 0.213 e. The number of ether oxygens (including phenoxy) is 3. The van der Waals surface area contributed by atoms with E-state index in [0.29, 0.717) is 18.4 Å². The topological polar surface area (TPSA) is 43.8 Å². The smallest absolute Gasteiger partial charge is 0.213 e. The van der Waals surface area contributed by atoms with Gasteiger partial charge in [0.15, 0.2) is 0 Å². The Kier molecular flexibility index (Phi) is 4.51. The molecule has 0 aromatic carbocycles. The highest BCUT2D eigenvalue weighted by atomic mass is 16.5. The van der Waals surface area contributed by atoms with Crippen molar-refractivity contribution in [2.75, 3.05) is 46.1 Å². The Bertz CT molecular complexity index is 498. The van der Waals surface area contributed by atoms with E-state index >= 15 is 0 Å². The fourth-order valence-electron chi connectivity index (χ4n) is 4.12. The van der Waals surface area contributed by atoms with Crippen molar-refractivity contribution in [3.63, 3.8) is 0 Å². The van der Waals surface area contributed by atoms with Crippen LogP contribution in [0.4, 0.5) is 0 Å². The minimum Gasteiger partial charge on any atom is -0.477 e.